The Labute approximate surface area is 173 Å². The third kappa shape index (κ3) is 3.55. The van der Waals surface area contributed by atoms with Crippen molar-refractivity contribution in [2.45, 2.75) is 23.3 Å². The highest BCUT2D eigenvalue weighted by Crippen LogP contribution is 2.45. The monoisotopic (exact) mass is 410 g/mol. The first kappa shape index (κ1) is 18.1. The topological polar surface area (TPSA) is 46.3 Å². The maximum atomic E-state index is 12.9. The molecule has 4 nitrogen and oxygen atoms in total. The van der Waals surface area contributed by atoms with Crippen molar-refractivity contribution < 1.29 is 9.21 Å². The molecular formula is C22H22N2O2S2. The summed E-state index contributed by atoms with van der Waals surface area (Å²) in [5, 5.41) is 0. The Hall–Kier alpha value is -1.92. The van der Waals surface area contributed by atoms with Crippen LogP contribution in [0.4, 0.5) is 0 Å². The normalized spacial score (nSPS) is 18.8. The van der Waals surface area contributed by atoms with Gasteiger partial charge in [-0.25, -0.2) is 4.98 Å². The first-order chi connectivity index (χ1) is 13.8. The molecule has 2 aliphatic rings. The smallest absolute Gasteiger partial charge is 0.253 e. The lowest BCUT2D eigenvalue weighted by Crippen LogP contribution is -2.38. The van der Waals surface area contributed by atoms with Crippen LogP contribution in [0.1, 0.15) is 45.2 Å². The summed E-state index contributed by atoms with van der Waals surface area (Å²) in [5.74, 6) is 3.66. The van der Waals surface area contributed by atoms with E-state index in [0.717, 1.165) is 48.5 Å². The molecule has 28 heavy (non-hydrogen) atoms. The molecule has 1 amide bonds. The Kier molecular flexibility index (Phi) is 5.07. The predicted molar refractivity (Wildman–Crippen MR) is 116 cm³/mol. The Morgan fingerprint density at radius 1 is 1.00 bits per heavy atom. The molecular weight excluding hydrogens is 388 g/mol. The minimum absolute atomic E-state index is 0.134. The highest BCUT2D eigenvalue weighted by molar-refractivity contribution is 8.19. The summed E-state index contributed by atoms with van der Waals surface area (Å²) in [6, 6.07) is 16.1. The molecule has 0 bridgehead atoms. The van der Waals surface area contributed by atoms with Crippen molar-refractivity contribution in [3.8, 4) is 0 Å². The van der Waals surface area contributed by atoms with E-state index in [2.05, 4.69) is 17.1 Å². The Balaban J connectivity index is 1.23. The summed E-state index contributed by atoms with van der Waals surface area (Å²) in [6.07, 6.45) is 1.79. The minimum atomic E-state index is 0.134. The summed E-state index contributed by atoms with van der Waals surface area (Å²) in [6.45, 7) is 1.50. The summed E-state index contributed by atoms with van der Waals surface area (Å²) in [4.78, 5) is 19.5. The standard InChI is InChI=1S/C22H22N2O2S2/c25-21(16-5-7-17(8-6-16)22-27-13-14-28-22)24-11-9-15(10-12-24)20-23-18-3-1-2-4-19(18)26-20/h1-8,15,22H,9-14H2. The minimum Gasteiger partial charge on any atom is -0.440 e. The second-order valence-corrected chi connectivity index (χ2v) is 10.0. The van der Waals surface area contributed by atoms with Crippen LogP contribution in [-0.2, 0) is 0 Å². The average Bonchev–Trinajstić information content (AvgIpc) is 3.43. The Morgan fingerprint density at radius 3 is 2.43 bits per heavy atom. The van der Waals surface area contributed by atoms with Gasteiger partial charge in [0.1, 0.15) is 5.52 Å². The number of hydrogen-bond acceptors (Lipinski definition) is 5. The second kappa shape index (κ2) is 7.84. The molecule has 0 N–H and O–H groups in total. The van der Waals surface area contributed by atoms with Crippen LogP contribution in [0.5, 0.6) is 0 Å². The third-order valence-corrected chi connectivity index (χ3v) is 8.60. The molecule has 2 fully saturated rings. The van der Waals surface area contributed by atoms with E-state index >= 15 is 0 Å². The Bertz CT molecular complexity index is 939. The van der Waals surface area contributed by atoms with Crippen molar-refractivity contribution in [3.63, 3.8) is 0 Å². The molecule has 5 rings (SSSR count). The van der Waals surface area contributed by atoms with Gasteiger partial charge in [0.05, 0.1) is 4.58 Å². The van der Waals surface area contributed by atoms with Crippen LogP contribution in [-0.4, -0.2) is 40.4 Å². The first-order valence-corrected chi connectivity index (χ1v) is 11.9. The number of likely N-dealkylation sites (tertiary alicyclic amines) is 1. The zero-order valence-corrected chi connectivity index (χ0v) is 17.2. The number of hydrogen-bond donors (Lipinski definition) is 0. The molecule has 0 spiro atoms. The summed E-state index contributed by atoms with van der Waals surface area (Å²) < 4.78 is 6.46. The van der Waals surface area contributed by atoms with Crippen molar-refractivity contribution in [1.82, 2.24) is 9.88 Å². The van der Waals surface area contributed by atoms with Crippen LogP contribution in [0.15, 0.2) is 52.9 Å². The van der Waals surface area contributed by atoms with E-state index in [4.69, 9.17) is 4.42 Å². The summed E-state index contributed by atoms with van der Waals surface area (Å²) in [5.41, 5.74) is 3.86. The first-order valence-electron chi connectivity index (χ1n) is 9.76. The summed E-state index contributed by atoms with van der Waals surface area (Å²) in [7, 11) is 0. The molecule has 0 atom stereocenters. The molecule has 3 aromatic rings. The molecule has 144 valence electrons. The number of amides is 1. The van der Waals surface area contributed by atoms with Gasteiger partial charge >= 0.3 is 0 Å². The number of para-hydroxylation sites is 2. The van der Waals surface area contributed by atoms with E-state index in [1.165, 1.54) is 17.1 Å². The number of aromatic nitrogens is 1. The number of fused-ring (bicyclic) bond motifs is 1. The number of piperidine rings is 1. The number of rotatable bonds is 3. The van der Waals surface area contributed by atoms with Crippen molar-refractivity contribution in [1.29, 1.82) is 0 Å². The zero-order chi connectivity index (χ0) is 18.9. The molecule has 3 heterocycles. The third-order valence-electron chi connectivity index (χ3n) is 5.49. The number of thioether (sulfide) groups is 2. The fourth-order valence-corrected chi connectivity index (χ4v) is 6.77. The zero-order valence-electron chi connectivity index (χ0n) is 15.5. The van der Waals surface area contributed by atoms with E-state index in [1.807, 2.05) is 64.8 Å². The van der Waals surface area contributed by atoms with Crippen molar-refractivity contribution >= 4 is 40.5 Å². The van der Waals surface area contributed by atoms with Crippen LogP contribution in [0, 0.1) is 0 Å². The average molecular weight is 411 g/mol. The van der Waals surface area contributed by atoms with Gasteiger partial charge in [0.2, 0.25) is 0 Å². The van der Waals surface area contributed by atoms with Crippen molar-refractivity contribution in [2.24, 2.45) is 0 Å². The molecule has 2 aliphatic heterocycles. The number of carbonyl (C=O) groups is 1. The van der Waals surface area contributed by atoms with Crippen LogP contribution >= 0.6 is 23.5 Å². The van der Waals surface area contributed by atoms with Gasteiger partial charge in [-0.05, 0) is 42.7 Å². The molecule has 2 aromatic carbocycles. The second-order valence-electron chi connectivity index (χ2n) is 7.28. The molecule has 6 heteroatoms. The van der Waals surface area contributed by atoms with Gasteiger partial charge in [0, 0.05) is 36.1 Å². The van der Waals surface area contributed by atoms with Gasteiger partial charge in [-0.1, -0.05) is 24.3 Å². The number of benzene rings is 2. The van der Waals surface area contributed by atoms with Gasteiger partial charge < -0.3 is 9.32 Å². The molecule has 2 saturated heterocycles. The Morgan fingerprint density at radius 2 is 1.71 bits per heavy atom. The van der Waals surface area contributed by atoms with Gasteiger partial charge in [0.15, 0.2) is 11.5 Å². The summed E-state index contributed by atoms with van der Waals surface area (Å²) >= 11 is 3.98. The van der Waals surface area contributed by atoms with Crippen LogP contribution < -0.4 is 0 Å². The van der Waals surface area contributed by atoms with Gasteiger partial charge in [-0.3, -0.25) is 4.79 Å². The number of carbonyl (C=O) groups excluding carboxylic acids is 1. The van der Waals surface area contributed by atoms with Crippen molar-refractivity contribution in [3.05, 3.63) is 65.5 Å². The lowest BCUT2D eigenvalue weighted by molar-refractivity contribution is 0.0706. The van der Waals surface area contributed by atoms with E-state index in [9.17, 15) is 4.79 Å². The van der Waals surface area contributed by atoms with Crippen LogP contribution in [0.25, 0.3) is 11.1 Å². The quantitative estimate of drug-likeness (QED) is 0.584. The lowest BCUT2D eigenvalue weighted by atomic mass is 9.96. The molecule has 0 saturated carbocycles. The largest absolute Gasteiger partial charge is 0.440 e. The predicted octanol–water partition coefficient (Wildman–Crippen LogP) is 5.33. The molecule has 0 unspecified atom stereocenters. The van der Waals surface area contributed by atoms with E-state index in [0.29, 0.717) is 4.58 Å². The van der Waals surface area contributed by atoms with E-state index < -0.39 is 0 Å². The maximum Gasteiger partial charge on any atom is 0.253 e. The van der Waals surface area contributed by atoms with E-state index in [1.54, 1.807) is 0 Å². The fourth-order valence-electron chi connectivity index (χ4n) is 3.91. The molecule has 0 aliphatic carbocycles. The highest BCUT2D eigenvalue weighted by Gasteiger charge is 2.28. The molecule has 1 aromatic heterocycles. The van der Waals surface area contributed by atoms with E-state index in [-0.39, 0.29) is 11.8 Å². The van der Waals surface area contributed by atoms with Crippen LogP contribution in [0.2, 0.25) is 0 Å². The van der Waals surface area contributed by atoms with Crippen molar-refractivity contribution in [2.75, 3.05) is 24.6 Å². The maximum absolute atomic E-state index is 12.9. The highest BCUT2D eigenvalue weighted by atomic mass is 32.2. The van der Waals surface area contributed by atoms with Gasteiger partial charge in [-0.2, -0.15) is 0 Å². The molecule has 0 radical (unpaired) electrons. The lowest BCUT2D eigenvalue weighted by Gasteiger charge is -2.30. The van der Waals surface area contributed by atoms with Crippen LogP contribution in [0.3, 0.4) is 0 Å². The van der Waals surface area contributed by atoms with Gasteiger partial charge in [0.25, 0.3) is 5.91 Å². The fraction of sp³-hybridized carbons (Fsp3) is 0.364. The SMILES string of the molecule is O=C(c1ccc(C2SCCS2)cc1)N1CCC(c2nc3ccccc3o2)CC1. The van der Waals surface area contributed by atoms with Gasteiger partial charge in [-0.15, -0.1) is 23.5 Å². The number of oxazole rings is 1. The number of nitrogens with zero attached hydrogens (tertiary/aromatic N) is 2.